The van der Waals surface area contributed by atoms with Gasteiger partial charge in [0.1, 0.15) is 34.9 Å². The van der Waals surface area contributed by atoms with E-state index in [0.29, 0.717) is 34.3 Å². The Balaban J connectivity index is 1.76. The summed E-state index contributed by atoms with van der Waals surface area (Å²) in [5.41, 5.74) is 3.37. The number of aliphatic hydroxyl groups excluding tert-OH is 2. The third-order valence-electron chi connectivity index (χ3n) is 8.25. The minimum absolute atomic E-state index is 0.0353. The van der Waals surface area contributed by atoms with Crippen LogP contribution in [0, 0.1) is 11.8 Å². The number of nitrogens with two attached hydrogens (primary N) is 1. The summed E-state index contributed by atoms with van der Waals surface area (Å²) in [5, 5.41) is 44.9. The van der Waals surface area contributed by atoms with Crippen molar-refractivity contribution in [2.24, 2.45) is 17.6 Å². The standard InChI is InChI=1S/C29H28N2O9/c1-31(2)23-17-10-13-9-16-14(15-8-12(11-32)4-7-19(15)40-3)5-6-18(33)21(16)24(34)20(13)26(36)29(17,39)27(37)22(25(23)35)28(30)38/h4-8,11,13,17,23,33-34,37,39H,9-10H2,1-3H3,(H2,30,38)/t13-,17-,23+,29-/m1/s1. The minimum Gasteiger partial charge on any atom is -0.508 e. The fraction of sp³-hybridized carbons (Fsp3) is 0.310. The first-order valence-electron chi connectivity index (χ1n) is 12.5. The van der Waals surface area contributed by atoms with Crippen LogP contribution in [0.15, 0.2) is 47.2 Å². The zero-order valence-corrected chi connectivity index (χ0v) is 22.0. The molecule has 0 spiro atoms. The first kappa shape index (κ1) is 27.1. The van der Waals surface area contributed by atoms with Crippen LogP contribution < -0.4 is 10.5 Å². The molecular formula is C29H28N2O9. The molecule has 4 atom stereocenters. The molecule has 2 aromatic rings. The number of benzene rings is 2. The van der Waals surface area contributed by atoms with E-state index < -0.39 is 58.0 Å². The Morgan fingerprint density at radius 3 is 2.42 bits per heavy atom. The molecule has 1 saturated carbocycles. The van der Waals surface area contributed by atoms with Gasteiger partial charge in [-0.2, -0.15) is 0 Å². The van der Waals surface area contributed by atoms with Crippen LogP contribution in [0.4, 0.5) is 0 Å². The summed E-state index contributed by atoms with van der Waals surface area (Å²) < 4.78 is 5.49. The number of nitrogens with zero attached hydrogens (tertiary/aromatic N) is 1. The molecule has 6 N–H and O–H groups in total. The van der Waals surface area contributed by atoms with Gasteiger partial charge in [0.25, 0.3) is 5.91 Å². The molecule has 1 amide bonds. The highest BCUT2D eigenvalue weighted by atomic mass is 16.5. The number of primary amides is 1. The maximum Gasteiger partial charge on any atom is 0.255 e. The molecule has 0 heterocycles. The topological polar surface area (TPSA) is 188 Å². The van der Waals surface area contributed by atoms with E-state index in [2.05, 4.69) is 0 Å². The Kier molecular flexibility index (Phi) is 6.31. The number of likely N-dealkylation sites (N-methyl/N-ethyl adjacent to an activating group) is 1. The van der Waals surface area contributed by atoms with E-state index in [4.69, 9.17) is 10.5 Å². The summed E-state index contributed by atoms with van der Waals surface area (Å²) in [7, 11) is 4.54. The molecule has 5 rings (SSSR count). The van der Waals surface area contributed by atoms with Crippen molar-refractivity contribution in [1.29, 1.82) is 0 Å². The second-order valence-corrected chi connectivity index (χ2v) is 10.5. The lowest BCUT2D eigenvalue weighted by Gasteiger charge is -2.50. The van der Waals surface area contributed by atoms with Crippen molar-refractivity contribution in [3.63, 3.8) is 0 Å². The van der Waals surface area contributed by atoms with E-state index in [0.717, 1.165) is 0 Å². The number of aldehydes is 1. The van der Waals surface area contributed by atoms with Gasteiger partial charge in [0.2, 0.25) is 5.78 Å². The van der Waals surface area contributed by atoms with Gasteiger partial charge >= 0.3 is 0 Å². The highest BCUT2D eigenvalue weighted by Gasteiger charge is 2.64. The van der Waals surface area contributed by atoms with E-state index in [1.165, 1.54) is 32.2 Å². The number of rotatable bonds is 5. The van der Waals surface area contributed by atoms with Gasteiger partial charge in [-0.1, -0.05) is 6.07 Å². The number of Topliss-reactive ketones (excluding diaryl/α,β-unsaturated/α-hetero) is 2. The first-order chi connectivity index (χ1) is 18.9. The van der Waals surface area contributed by atoms with Gasteiger partial charge in [0, 0.05) is 22.6 Å². The number of hydrogen-bond acceptors (Lipinski definition) is 10. The monoisotopic (exact) mass is 548 g/mol. The predicted molar refractivity (Wildman–Crippen MR) is 142 cm³/mol. The van der Waals surface area contributed by atoms with Crippen LogP contribution in [0.5, 0.6) is 11.5 Å². The van der Waals surface area contributed by atoms with Crippen LogP contribution in [-0.2, 0) is 20.8 Å². The first-order valence-corrected chi connectivity index (χ1v) is 12.5. The molecular weight excluding hydrogens is 520 g/mol. The number of amides is 1. The van der Waals surface area contributed by atoms with Gasteiger partial charge in [0.15, 0.2) is 11.4 Å². The number of phenolic OH excluding ortho intramolecular Hbond substituents is 1. The quantitative estimate of drug-likeness (QED) is 0.270. The van der Waals surface area contributed by atoms with E-state index >= 15 is 0 Å². The van der Waals surface area contributed by atoms with Crippen LogP contribution in [0.3, 0.4) is 0 Å². The normalized spacial score (nSPS) is 25.9. The van der Waals surface area contributed by atoms with Crippen molar-refractivity contribution in [2.75, 3.05) is 21.2 Å². The zero-order chi connectivity index (χ0) is 29.3. The fourth-order valence-corrected chi connectivity index (χ4v) is 6.51. The molecule has 0 aliphatic heterocycles. The highest BCUT2D eigenvalue weighted by molar-refractivity contribution is 6.24. The van der Waals surface area contributed by atoms with Crippen LogP contribution in [0.2, 0.25) is 0 Å². The van der Waals surface area contributed by atoms with Gasteiger partial charge in [-0.25, -0.2) is 0 Å². The number of aliphatic hydroxyl groups is 3. The number of phenols is 1. The van der Waals surface area contributed by atoms with E-state index in [1.54, 1.807) is 24.3 Å². The lowest BCUT2D eigenvalue weighted by Crippen LogP contribution is -2.65. The van der Waals surface area contributed by atoms with Crippen LogP contribution in [0.25, 0.3) is 16.9 Å². The largest absolute Gasteiger partial charge is 0.508 e. The molecule has 11 heteroatoms. The molecule has 40 heavy (non-hydrogen) atoms. The van der Waals surface area contributed by atoms with Crippen molar-refractivity contribution in [3.8, 4) is 22.6 Å². The number of carbonyl (C=O) groups excluding carboxylic acids is 4. The van der Waals surface area contributed by atoms with Crippen molar-refractivity contribution in [3.05, 3.63) is 63.9 Å². The third-order valence-corrected chi connectivity index (χ3v) is 8.25. The SMILES string of the molecule is COc1ccc(C=O)cc1-c1ccc(O)c2c1C[C@@H]1C[C@@H]3[C@H](N(C)C)C(=O)C(C(N)=O)=C(O)[C@]3(O)C(=O)C1=C2O. The van der Waals surface area contributed by atoms with Crippen LogP contribution in [0.1, 0.15) is 27.9 Å². The summed E-state index contributed by atoms with van der Waals surface area (Å²) in [6.45, 7) is 0. The van der Waals surface area contributed by atoms with Gasteiger partial charge in [-0.15, -0.1) is 0 Å². The summed E-state index contributed by atoms with van der Waals surface area (Å²) in [5.74, 6) is -6.75. The lowest BCUT2D eigenvalue weighted by atomic mass is 9.57. The average Bonchev–Trinajstić information content (AvgIpc) is 2.90. The summed E-state index contributed by atoms with van der Waals surface area (Å²) in [6, 6.07) is 6.57. The van der Waals surface area contributed by atoms with E-state index in [1.807, 2.05) is 0 Å². The van der Waals surface area contributed by atoms with Crippen LogP contribution in [-0.4, -0.2) is 81.9 Å². The molecule has 0 saturated heterocycles. The van der Waals surface area contributed by atoms with Crippen molar-refractivity contribution >= 4 is 29.5 Å². The second kappa shape index (κ2) is 9.32. The highest BCUT2D eigenvalue weighted by Crippen LogP contribution is 2.54. The number of ketones is 2. The molecule has 3 aliphatic carbocycles. The minimum atomic E-state index is -2.71. The zero-order valence-electron chi connectivity index (χ0n) is 22.0. The molecule has 0 aromatic heterocycles. The van der Waals surface area contributed by atoms with Crippen molar-refractivity contribution < 1.29 is 44.3 Å². The van der Waals surface area contributed by atoms with Crippen molar-refractivity contribution in [2.45, 2.75) is 24.5 Å². The Hall–Kier alpha value is -4.48. The van der Waals surface area contributed by atoms with Gasteiger partial charge in [0.05, 0.1) is 18.7 Å². The molecule has 1 fully saturated rings. The van der Waals surface area contributed by atoms with Crippen LogP contribution >= 0.6 is 0 Å². The second-order valence-electron chi connectivity index (χ2n) is 10.5. The predicted octanol–water partition coefficient (Wildman–Crippen LogP) is 1.45. The molecule has 0 radical (unpaired) electrons. The Morgan fingerprint density at radius 2 is 1.82 bits per heavy atom. The van der Waals surface area contributed by atoms with Crippen molar-refractivity contribution in [1.82, 2.24) is 4.90 Å². The van der Waals surface area contributed by atoms with Gasteiger partial charge in [-0.3, -0.25) is 24.1 Å². The molecule has 0 bridgehead atoms. The molecule has 0 unspecified atom stereocenters. The van der Waals surface area contributed by atoms with E-state index in [9.17, 15) is 39.6 Å². The molecule has 3 aliphatic rings. The number of ether oxygens (including phenoxy) is 1. The average molecular weight is 549 g/mol. The Bertz CT molecular complexity index is 1570. The number of methoxy groups -OCH3 is 1. The van der Waals surface area contributed by atoms with Gasteiger partial charge in [-0.05, 0) is 68.2 Å². The molecule has 11 nitrogen and oxygen atoms in total. The summed E-state index contributed by atoms with van der Waals surface area (Å²) >= 11 is 0. The Morgan fingerprint density at radius 1 is 1.12 bits per heavy atom. The summed E-state index contributed by atoms with van der Waals surface area (Å²) in [4.78, 5) is 52.3. The van der Waals surface area contributed by atoms with Gasteiger partial charge < -0.3 is 30.9 Å². The number of carbonyl (C=O) groups is 4. The molecule has 208 valence electrons. The maximum absolute atomic E-state index is 14.0. The Labute approximate surface area is 228 Å². The third kappa shape index (κ3) is 3.58. The maximum atomic E-state index is 14.0. The fourth-order valence-electron chi connectivity index (χ4n) is 6.51. The number of aromatic hydroxyl groups is 1. The summed E-state index contributed by atoms with van der Waals surface area (Å²) in [6.07, 6.45) is 0.743. The number of fused-ring (bicyclic) bond motifs is 3. The number of hydrogen-bond donors (Lipinski definition) is 5. The smallest absolute Gasteiger partial charge is 0.255 e. The van der Waals surface area contributed by atoms with E-state index in [-0.39, 0.29) is 29.7 Å². The molecule has 2 aromatic carbocycles. The lowest BCUT2D eigenvalue weighted by molar-refractivity contribution is -0.153.